The Hall–Kier alpha value is -9.50. The Balaban J connectivity index is 0.715. The van der Waals surface area contributed by atoms with E-state index >= 15 is 0 Å². The van der Waals surface area contributed by atoms with Gasteiger partial charge in [-0.3, -0.25) is 0 Å². The van der Waals surface area contributed by atoms with Crippen molar-refractivity contribution in [1.29, 1.82) is 0 Å². The molecule has 0 radical (unpaired) electrons. The molecule has 0 aromatic heterocycles. The fourth-order valence-electron chi connectivity index (χ4n) is 12.0. The largest absolute Gasteiger partial charge is 0.310 e. The standard InChI is InChI=1S/C76H60N2/c1-75(2)71-47-55(39-43-67(71)69-45-41-65(51-73(69)75)77(61-25-13-7-14-26-61)63-29-17-23-59(49-63)57-19-9-5-10-20-57)37-35-53-31-33-54(34-32-53)36-38-56-40-44-68-70-46-42-66(52-74(70)76(3,4)72(68)48-56)78(62-27-15-8-16-28-62)64-30-18-24-60(50-64)58-21-11-6-12-22-58/h5-52H,1-4H3. The van der Waals surface area contributed by atoms with E-state index in [1.165, 1.54) is 89.0 Å². The lowest BCUT2D eigenvalue weighted by molar-refractivity contribution is 0.660. The summed E-state index contributed by atoms with van der Waals surface area (Å²) in [5.74, 6) is 0. The smallest absolute Gasteiger partial charge is 0.0467 e. The highest BCUT2D eigenvalue weighted by molar-refractivity contribution is 5.90. The van der Waals surface area contributed by atoms with Gasteiger partial charge in [-0.25, -0.2) is 0 Å². The molecule has 13 rings (SSSR count). The van der Waals surface area contributed by atoms with Crippen molar-refractivity contribution < 1.29 is 0 Å². The van der Waals surface area contributed by atoms with Crippen molar-refractivity contribution in [3.05, 3.63) is 311 Å². The summed E-state index contributed by atoms with van der Waals surface area (Å²) < 4.78 is 0. The van der Waals surface area contributed by atoms with Gasteiger partial charge in [-0.1, -0.05) is 246 Å². The van der Waals surface area contributed by atoms with E-state index in [9.17, 15) is 0 Å². The zero-order chi connectivity index (χ0) is 52.8. The van der Waals surface area contributed by atoms with Gasteiger partial charge in [-0.15, -0.1) is 0 Å². The van der Waals surface area contributed by atoms with Crippen LogP contribution in [0.25, 0.3) is 68.8 Å². The second kappa shape index (κ2) is 19.9. The van der Waals surface area contributed by atoms with Crippen LogP contribution in [0.15, 0.2) is 267 Å². The van der Waals surface area contributed by atoms with Crippen molar-refractivity contribution in [1.82, 2.24) is 0 Å². The van der Waals surface area contributed by atoms with Crippen LogP contribution in [0, 0.1) is 0 Å². The first-order valence-corrected chi connectivity index (χ1v) is 27.2. The number of benzene rings is 11. The molecule has 78 heavy (non-hydrogen) atoms. The molecule has 0 amide bonds. The Morgan fingerprint density at radius 1 is 0.231 bits per heavy atom. The van der Waals surface area contributed by atoms with Gasteiger partial charge in [0.25, 0.3) is 0 Å². The number of anilines is 6. The predicted molar refractivity (Wildman–Crippen MR) is 333 cm³/mol. The number of hydrogen-bond acceptors (Lipinski definition) is 2. The topological polar surface area (TPSA) is 6.48 Å². The Morgan fingerprint density at radius 2 is 0.513 bits per heavy atom. The van der Waals surface area contributed by atoms with Gasteiger partial charge in [0.15, 0.2) is 0 Å². The summed E-state index contributed by atoms with van der Waals surface area (Å²) in [6, 6.07) is 97.3. The Kier molecular flexibility index (Phi) is 12.3. The highest BCUT2D eigenvalue weighted by atomic mass is 15.1. The Morgan fingerprint density at radius 3 is 0.897 bits per heavy atom. The third-order valence-corrected chi connectivity index (χ3v) is 16.2. The molecule has 2 aliphatic carbocycles. The fourth-order valence-corrected chi connectivity index (χ4v) is 12.0. The second-order valence-corrected chi connectivity index (χ2v) is 21.8. The van der Waals surface area contributed by atoms with Gasteiger partial charge in [-0.2, -0.15) is 0 Å². The summed E-state index contributed by atoms with van der Waals surface area (Å²) in [6.07, 6.45) is 8.97. The second-order valence-electron chi connectivity index (χ2n) is 21.8. The van der Waals surface area contributed by atoms with Crippen LogP contribution in [0.1, 0.15) is 72.2 Å². The van der Waals surface area contributed by atoms with E-state index < -0.39 is 0 Å². The molecule has 0 fully saturated rings. The Bertz CT molecular complexity index is 3790. The lowest BCUT2D eigenvalue weighted by Gasteiger charge is -2.28. The van der Waals surface area contributed by atoms with Crippen molar-refractivity contribution in [2.24, 2.45) is 0 Å². The van der Waals surface area contributed by atoms with Gasteiger partial charge in [-0.05, 0) is 162 Å². The van der Waals surface area contributed by atoms with Crippen LogP contribution in [-0.4, -0.2) is 0 Å². The number of hydrogen-bond donors (Lipinski definition) is 0. The molecular weight excluding hydrogens is 941 g/mol. The normalized spacial score (nSPS) is 13.5. The molecule has 0 atom stereocenters. The summed E-state index contributed by atoms with van der Waals surface area (Å²) in [7, 11) is 0. The minimum atomic E-state index is -0.184. The van der Waals surface area contributed by atoms with Crippen LogP contribution >= 0.6 is 0 Å². The van der Waals surface area contributed by atoms with E-state index in [-0.39, 0.29) is 10.8 Å². The highest BCUT2D eigenvalue weighted by Gasteiger charge is 2.38. The van der Waals surface area contributed by atoms with Gasteiger partial charge in [0.2, 0.25) is 0 Å². The van der Waals surface area contributed by atoms with Crippen molar-refractivity contribution in [3.8, 4) is 44.5 Å². The summed E-state index contributed by atoms with van der Waals surface area (Å²) in [4.78, 5) is 4.77. The van der Waals surface area contributed by atoms with Gasteiger partial charge < -0.3 is 9.80 Å². The third-order valence-electron chi connectivity index (χ3n) is 16.2. The molecule has 0 saturated heterocycles. The van der Waals surface area contributed by atoms with Crippen LogP contribution in [0.3, 0.4) is 0 Å². The van der Waals surface area contributed by atoms with Crippen LogP contribution in [0.5, 0.6) is 0 Å². The predicted octanol–water partition coefficient (Wildman–Crippen LogP) is 20.9. The van der Waals surface area contributed by atoms with Crippen molar-refractivity contribution in [3.63, 3.8) is 0 Å². The molecule has 0 unspecified atom stereocenters. The molecule has 2 aliphatic rings. The average Bonchev–Trinajstić information content (AvgIpc) is 4.12. The first kappa shape index (κ1) is 48.2. The average molecular weight is 1000 g/mol. The molecule has 0 bridgehead atoms. The van der Waals surface area contributed by atoms with Crippen LogP contribution in [0.4, 0.5) is 34.1 Å². The molecule has 2 nitrogen and oxygen atoms in total. The van der Waals surface area contributed by atoms with Crippen LogP contribution in [0.2, 0.25) is 0 Å². The van der Waals surface area contributed by atoms with Crippen LogP contribution in [-0.2, 0) is 10.8 Å². The van der Waals surface area contributed by atoms with E-state index in [2.05, 4.69) is 329 Å². The number of nitrogens with zero attached hydrogens (tertiary/aromatic N) is 2. The maximum atomic E-state index is 2.41. The number of rotatable bonds is 12. The molecule has 0 aliphatic heterocycles. The van der Waals surface area contributed by atoms with Crippen molar-refractivity contribution >= 4 is 58.4 Å². The minimum absolute atomic E-state index is 0.184. The summed E-state index contributed by atoms with van der Waals surface area (Å²) >= 11 is 0. The third kappa shape index (κ3) is 8.95. The molecule has 11 aromatic carbocycles. The van der Waals surface area contributed by atoms with Crippen molar-refractivity contribution in [2.75, 3.05) is 9.80 Å². The first-order chi connectivity index (χ1) is 38.2. The molecule has 0 N–H and O–H groups in total. The molecule has 11 aromatic rings. The highest BCUT2D eigenvalue weighted by Crippen LogP contribution is 2.53. The SMILES string of the molecule is CC1(C)c2cc(C=Cc3ccc(C=Cc4ccc5c(c4)C(C)(C)c4cc(N(c6ccccc6)c6cccc(-c7ccccc7)c6)ccc4-5)cc3)ccc2-c2ccc(N(c3ccccc3)c3cccc(-c4ccccc4)c3)cc21. The zero-order valence-electron chi connectivity index (χ0n) is 44.6. The van der Waals surface area contributed by atoms with E-state index in [0.717, 1.165) is 34.1 Å². The minimum Gasteiger partial charge on any atom is -0.310 e. The van der Waals surface area contributed by atoms with Gasteiger partial charge >= 0.3 is 0 Å². The quantitative estimate of drug-likeness (QED) is 0.113. The maximum absolute atomic E-state index is 2.41. The van der Waals surface area contributed by atoms with Gasteiger partial charge in [0.05, 0.1) is 0 Å². The van der Waals surface area contributed by atoms with Gasteiger partial charge in [0, 0.05) is 45.0 Å². The number of fused-ring (bicyclic) bond motifs is 6. The first-order valence-electron chi connectivity index (χ1n) is 27.2. The zero-order valence-corrected chi connectivity index (χ0v) is 44.6. The fraction of sp³-hybridized carbons (Fsp3) is 0.0789. The lowest BCUT2D eigenvalue weighted by Crippen LogP contribution is -2.16. The van der Waals surface area contributed by atoms with Crippen molar-refractivity contribution in [2.45, 2.75) is 38.5 Å². The van der Waals surface area contributed by atoms with E-state index in [1.54, 1.807) is 0 Å². The molecule has 2 heteroatoms. The molecule has 0 heterocycles. The molecule has 0 spiro atoms. The monoisotopic (exact) mass is 1000 g/mol. The van der Waals surface area contributed by atoms with E-state index in [0.29, 0.717) is 0 Å². The molecular formula is C76H60N2. The Labute approximate surface area is 460 Å². The summed E-state index contributed by atoms with van der Waals surface area (Å²) in [5, 5.41) is 0. The summed E-state index contributed by atoms with van der Waals surface area (Å²) in [6.45, 7) is 9.48. The van der Waals surface area contributed by atoms with Crippen LogP contribution < -0.4 is 9.80 Å². The number of para-hydroxylation sites is 2. The van der Waals surface area contributed by atoms with Gasteiger partial charge in [0.1, 0.15) is 0 Å². The molecule has 0 saturated carbocycles. The van der Waals surface area contributed by atoms with E-state index in [4.69, 9.17) is 0 Å². The summed E-state index contributed by atoms with van der Waals surface area (Å²) in [5.41, 5.74) is 26.6. The lowest BCUT2D eigenvalue weighted by atomic mass is 9.81. The maximum Gasteiger partial charge on any atom is 0.0467 e. The van der Waals surface area contributed by atoms with E-state index in [1.807, 2.05) is 0 Å². The molecule has 374 valence electrons.